The van der Waals surface area contributed by atoms with E-state index in [1.165, 1.54) is 23.1 Å². The second-order valence-electron chi connectivity index (χ2n) is 4.78. The predicted molar refractivity (Wildman–Crippen MR) is 97.1 cm³/mol. The van der Waals surface area contributed by atoms with Crippen molar-refractivity contribution in [3.8, 4) is 0 Å². The van der Waals surface area contributed by atoms with E-state index in [0.717, 1.165) is 12.2 Å². The number of amides is 2. The minimum Gasteiger partial charge on any atom is -0.314 e. The molecule has 0 aromatic carbocycles. The molecule has 0 saturated carbocycles. The molecule has 0 atom stereocenters. The van der Waals surface area contributed by atoms with Gasteiger partial charge in [-0.3, -0.25) is 19.4 Å². The molecule has 2 rings (SSSR count). The Balaban J connectivity index is 2.34. The number of anilines is 2. The van der Waals surface area contributed by atoms with E-state index in [4.69, 9.17) is 0 Å². The number of thioether (sulfide) groups is 1. The first kappa shape index (κ1) is 18.2. The second-order valence-corrected chi connectivity index (χ2v) is 6.81. The van der Waals surface area contributed by atoms with Gasteiger partial charge < -0.3 is 10.6 Å². The Morgan fingerprint density at radius 3 is 2.75 bits per heavy atom. The van der Waals surface area contributed by atoms with Crippen LogP contribution < -0.4 is 16.2 Å². The van der Waals surface area contributed by atoms with Crippen LogP contribution in [0.4, 0.5) is 11.5 Å². The standard InChI is InChI=1S/C15H18N4O3S2/c1-3-7-24-15-18-12(16-10(20)4-2)11(14(22)19-15)17-13(21)9-6-5-8-23-9/h5-6,8H,3-4,7H2,1-2H3,(H,17,21)(H2,16,18,19,20,22). The third-order valence-electron chi connectivity index (χ3n) is 2.90. The Morgan fingerprint density at radius 1 is 1.33 bits per heavy atom. The van der Waals surface area contributed by atoms with Gasteiger partial charge in [0.25, 0.3) is 11.5 Å². The van der Waals surface area contributed by atoms with Crippen LogP contribution in [0.15, 0.2) is 27.5 Å². The van der Waals surface area contributed by atoms with Crippen LogP contribution in [0.3, 0.4) is 0 Å². The zero-order chi connectivity index (χ0) is 17.5. The van der Waals surface area contributed by atoms with Crippen LogP contribution >= 0.6 is 23.1 Å². The normalized spacial score (nSPS) is 10.4. The van der Waals surface area contributed by atoms with E-state index in [1.54, 1.807) is 24.4 Å². The van der Waals surface area contributed by atoms with E-state index in [0.29, 0.717) is 10.0 Å². The Bertz CT molecular complexity index is 772. The number of carbonyl (C=O) groups is 2. The first-order valence-electron chi connectivity index (χ1n) is 7.47. The van der Waals surface area contributed by atoms with E-state index in [9.17, 15) is 14.4 Å². The Hall–Kier alpha value is -2.13. The zero-order valence-electron chi connectivity index (χ0n) is 13.3. The molecule has 2 aromatic rings. The molecule has 0 aliphatic carbocycles. The highest BCUT2D eigenvalue weighted by molar-refractivity contribution is 7.99. The van der Waals surface area contributed by atoms with Crippen molar-refractivity contribution < 1.29 is 9.59 Å². The summed E-state index contributed by atoms with van der Waals surface area (Å²) in [4.78, 5) is 43.6. The summed E-state index contributed by atoms with van der Waals surface area (Å²) in [6.45, 7) is 3.71. The summed E-state index contributed by atoms with van der Waals surface area (Å²) in [5.74, 6) is 0.142. The molecule has 0 fully saturated rings. The molecule has 0 radical (unpaired) electrons. The quantitative estimate of drug-likeness (QED) is 0.516. The lowest BCUT2D eigenvalue weighted by molar-refractivity contribution is -0.115. The summed E-state index contributed by atoms with van der Waals surface area (Å²) >= 11 is 2.64. The van der Waals surface area contributed by atoms with E-state index in [2.05, 4.69) is 20.6 Å². The number of carbonyl (C=O) groups excluding carboxylic acids is 2. The summed E-state index contributed by atoms with van der Waals surface area (Å²) in [5.41, 5.74) is -0.559. The molecule has 24 heavy (non-hydrogen) atoms. The van der Waals surface area contributed by atoms with Gasteiger partial charge in [-0.2, -0.15) is 0 Å². The fourth-order valence-electron chi connectivity index (χ4n) is 1.73. The van der Waals surface area contributed by atoms with Gasteiger partial charge in [0, 0.05) is 12.2 Å². The molecule has 0 bridgehead atoms. The van der Waals surface area contributed by atoms with Gasteiger partial charge in [0.05, 0.1) is 4.88 Å². The molecule has 0 saturated heterocycles. The lowest BCUT2D eigenvalue weighted by Crippen LogP contribution is -2.24. The zero-order valence-corrected chi connectivity index (χ0v) is 15.0. The van der Waals surface area contributed by atoms with Gasteiger partial charge in [0.1, 0.15) is 0 Å². The van der Waals surface area contributed by atoms with Crippen LogP contribution in [0, 0.1) is 0 Å². The molecule has 7 nitrogen and oxygen atoms in total. The van der Waals surface area contributed by atoms with Gasteiger partial charge in [-0.05, 0) is 17.9 Å². The molecule has 2 aromatic heterocycles. The van der Waals surface area contributed by atoms with Crippen LogP contribution in [0.5, 0.6) is 0 Å². The number of nitrogens with one attached hydrogen (secondary N) is 3. The molecule has 128 valence electrons. The Morgan fingerprint density at radius 2 is 2.12 bits per heavy atom. The molecule has 3 N–H and O–H groups in total. The van der Waals surface area contributed by atoms with Crippen LogP contribution in [0.1, 0.15) is 36.4 Å². The number of hydrogen-bond acceptors (Lipinski definition) is 6. The van der Waals surface area contributed by atoms with Crippen LogP contribution in [0.25, 0.3) is 0 Å². The first-order chi connectivity index (χ1) is 11.5. The van der Waals surface area contributed by atoms with Crippen molar-refractivity contribution in [1.29, 1.82) is 0 Å². The first-order valence-corrected chi connectivity index (χ1v) is 9.33. The topological polar surface area (TPSA) is 104 Å². The number of rotatable bonds is 7. The molecule has 9 heteroatoms. The average molecular weight is 366 g/mol. The van der Waals surface area contributed by atoms with E-state index < -0.39 is 11.5 Å². The SMILES string of the molecule is CCCSc1nc(NC(=O)CC)c(NC(=O)c2cccs2)c(=O)[nH]1. The Labute approximate surface area is 147 Å². The smallest absolute Gasteiger partial charge is 0.277 e. The van der Waals surface area contributed by atoms with Crippen LogP contribution in [-0.4, -0.2) is 27.5 Å². The van der Waals surface area contributed by atoms with Crippen molar-refractivity contribution in [1.82, 2.24) is 9.97 Å². The molecular weight excluding hydrogens is 348 g/mol. The number of thiophene rings is 1. The average Bonchev–Trinajstić information content (AvgIpc) is 3.10. The van der Waals surface area contributed by atoms with Gasteiger partial charge in [-0.15, -0.1) is 11.3 Å². The summed E-state index contributed by atoms with van der Waals surface area (Å²) in [6.07, 6.45) is 1.16. The van der Waals surface area contributed by atoms with Gasteiger partial charge in [-0.1, -0.05) is 31.7 Å². The van der Waals surface area contributed by atoms with E-state index in [-0.39, 0.29) is 23.8 Å². The Kier molecular flexibility index (Phi) is 6.56. The molecule has 0 spiro atoms. The van der Waals surface area contributed by atoms with Crippen molar-refractivity contribution in [2.45, 2.75) is 31.8 Å². The van der Waals surface area contributed by atoms with Crippen molar-refractivity contribution in [3.63, 3.8) is 0 Å². The third kappa shape index (κ3) is 4.68. The van der Waals surface area contributed by atoms with Crippen molar-refractivity contribution >= 4 is 46.4 Å². The monoisotopic (exact) mass is 366 g/mol. The minimum atomic E-state index is -0.500. The summed E-state index contributed by atoms with van der Waals surface area (Å²) in [7, 11) is 0. The molecule has 0 unspecified atom stereocenters. The number of nitrogens with zero attached hydrogens (tertiary/aromatic N) is 1. The number of aromatic nitrogens is 2. The summed E-state index contributed by atoms with van der Waals surface area (Å²) in [6, 6.07) is 3.39. The maximum absolute atomic E-state index is 12.3. The molecule has 0 aliphatic heterocycles. The molecule has 2 heterocycles. The fourth-order valence-corrected chi connectivity index (χ4v) is 3.07. The largest absolute Gasteiger partial charge is 0.314 e. The van der Waals surface area contributed by atoms with Gasteiger partial charge in [-0.25, -0.2) is 4.98 Å². The van der Waals surface area contributed by atoms with Crippen LogP contribution in [-0.2, 0) is 4.79 Å². The number of aromatic amines is 1. The van der Waals surface area contributed by atoms with E-state index in [1.807, 2.05) is 6.92 Å². The predicted octanol–water partition coefficient (Wildman–Crippen LogP) is 2.93. The van der Waals surface area contributed by atoms with Gasteiger partial charge in [0.15, 0.2) is 16.7 Å². The van der Waals surface area contributed by atoms with Gasteiger partial charge >= 0.3 is 0 Å². The van der Waals surface area contributed by atoms with Crippen molar-refractivity contribution in [3.05, 3.63) is 32.7 Å². The third-order valence-corrected chi connectivity index (χ3v) is 4.85. The summed E-state index contributed by atoms with van der Waals surface area (Å²) in [5, 5.41) is 7.28. The number of H-pyrrole nitrogens is 1. The number of hydrogen-bond donors (Lipinski definition) is 3. The molecule has 0 aliphatic rings. The maximum atomic E-state index is 12.3. The maximum Gasteiger partial charge on any atom is 0.277 e. The molecule has 2 amide bonds. The lowest BCUT2D eigenvalue weighted by atomic mass is 10.3. The molecular formula is C15H18N4O3S2. The summed E-state index contributed by atoms with van der Waals surface area (Å²) < 4.78 is 0. The minimum absolute atomic E-state index is 0.0592. The fraction of sp³-hybridized carbons (Fsp3) is 0.333. The van der Waals surface area contributed by atoms with E-state index >= 15 is 0 Å². The van der Waals surface area contributed by atoms with Crippen LogP contribution in [0.2, 0.25) is 0 Å². The lowest BCUT2D eigenvalue weighted by Gasteiger charge is -2.11. The highest BCUT2D eigenvalue weighted by atomic mass is 32.2. The van der Waals surface area contributed by atoms with Crippen molar-refractivity contribution in [2.75, 3.05) is 16.4 Å². The highest BCUT2D eigenvalue weighted by Gasteiger charge is 2.17. The van der Waals surface area contributed by atoms with Crippen molar-refractivity contribution in [2.24, 2.45) is 0 Å². The second kappa shape index (κ2) is 8.65. The van der Waals surface area contributed by atoms with Gasteiger partial charge in [0.2, 0.25) is 5.91 Å². The highest BCUT2D eigenvalue weighted by Crippen LogP contribution is 2.21.